The minimum Gasteiger partial charge on any atom is -0.338 e. The zero-order chi connectivity index (χ0) is 28.1. The van der Waals surface area contributed by atoms with Gasteiger partial charge in [0.05, 0.1) is 32.5 Å². The molecule has 0 spiro atoms. The third kappa shape index (κ3) is 8.59. The summed E-state index contributed by atoms with van der Waals surface area (Å²) in [6, 6.07) is 3.83. The number of benzene rings is 2. The van der Waals surface area contributed by atoms with E-state index < -0.39 is 35.5 Å². The fourth-order valence-corrected chi connectivity index (χ4v) is 4.50. The highest BCUT2D eigenvalue weighted by Crippen LogP contribution is 2.35. The van der Waals surface area contributed by atoms with Gasteiger partial charge >= 0.3 is 24.4 Å². The SMILES string of the molecule is O=C(NC[C@H]1CCC[C@H](CNC(=O)Nc2cc(C(F)(F)F)ccc2Cl)C1)Nc1cc(C(F)(F)F)ccc1Cl. The molecule has 3 rings (SSSR count). The van der Waals surface area contributed by atoms with E-state index >= 15 is 0 Å². The van der Waals surface area contributed by atoms with Crippen LogP contribution in [0, 0.1) is 11.8 Å². The molecule has 2 aromatic carbocycles. The Hall–Kier alpha value is -2.86. The molecule has 0 bridgehead atoms. The minimum absolute atomic E-state index is 0.0401. The van der Waals surface area contributed by atoms with Crippen LogP contribution in [-0.2, 0) is 12.4 Å². The molecule has 2 atom stereocenters. The van der Waals surface area contributed by atoms with Gasteiger partial charge in [0.1, 0.15) is 0 Å². The summed E-state index contributed by atoms with van der Waals surface area (Å²) < 4.78 is 77.5. The van der Waals surface area contributed by atoms with Gasteiger partial charge in [-0.1, -0.05) is 29.6 Å². The van der Waals surface area contributed by atoms with E-state index in [-0.39, 0.29) is 46.3 Å². The summed E-state index contributed by atoms with van der Waals surface area (Å²) >= 11 is 11.8. The van der Waals surface area contributed by atoms with E-state index in [0.29, 0.717) is 6.42 Å². The van der Waals surface area contributed by atoms with E-state index in [0.717, 1.165) is 55.7 Å². The van der Waals surface area contributed by atoms with E-state index in [2.05, 4.69) is 21.3 Å². The van der Waals surface area contributed by atoms with Crippen LogP contribution < -0.4 is 21.3 Å². The Morgan fingerprint density at radius 3 is 1.50 bits per heavy atom. The molecule has 1 aliphatic carbocycles. The van der Waals surface area contributed by atoms with Gasteiger partial charge in [0.25, 0.3) is 0 Å². The number of amides is 4. The molecule has 0 heterocycles. The molecule has 0 unspecified atom stereocenters. The van der Waals surface area contributed by atoms with Crippen molar-refractivity contribution in [3.05, 3.63) is 57.6 Å². The van der Waals surface area contributed by atoms with Gasteiger partial charge in [0.2, 0.25) is 0 Å². The predicted octanol–water partition coefficient (Wildman–Crippen LogP) is 7.78. The van der Waals surface area contributed by atoms with Crippen LogP contribution in [0.25, 0.3) is 0 Å². The molecule has 0 aromatic heterocycles. The van der Waals surface area contributed by atoms with Gasteiger partial charge in [0, 0.05) is 13.1 Å². The average Bonchev–Trinajstić information content (AvgIpc) is 2.83. The Kier molecular flexibility index (Phi) is 9.64. The first-order chi connectivity index (χ1) is 17.7. The number of anilines is 2. The van der Waals surface area contributed by atoms with Crippen molar-refractivity contribution in [2.24, 2.45) is 11.8 Å². The second-order valence-electron chi connectivity index (χ2n) is 8.95. The number of nitrogens with one attached hydrogen (secondary N) is 4. The third-order valence-electron chi connectivity index (χ3n) is 6.08. The van der Waals surface area contributed by atoms with Gasteiger partial charge in [-0.25, -0.2) is 9.59 Å². The number of halogens is 8. The van der Waals surface area contributed by atoms with Crippen molar-refractivity contribution >= 4 is 46.6 Å². The number of urea groups is 2. The van der Waals surface area contributed by atoms with Crippen LogP contribution in [0.5, 0.6) is 0 Å². The summed E-state index contributed by atoms with van der Waals surface area (Å²) in [5.74, 6) is 0.110. The van der Waals surface area contributed by atoms with Crippen molar-refractivity contribution in [3.63, 3.8) is 0 Å². The first-order valence-electron chi connectivity index (χ1n) is 11.6. The first-order valence-corrected chi connectivity index (χ1v) is 12.3. The minimum atomic E-state index is -4.58. The zero-order valence-corrected chi connectivity index (χ0v) is 21.2. The number of rotatable bonds is 6. The van der Waals surface area contributed by atoms with E-state index in [9.17, 15) is 35.9 Å². The zero-order valence-electron chi connectivity index (χ0n) is 19.7. The van der Waals surface area contributed by atoms with E-state index in [1.54, 1.807) is 0 Å². The predicted molar refractivity (Wildman–Crippen MR) is 132 cm³/mol. The first kappa shape index (κ1) is 29.7. The van der Waals surface area contributed by atoms with Crippen LogP contribution in [0.15, 0.2) is 36.4 Å². The fourth-order valence-electron chi connectivity index (χ4n) is 4.17. The van der Waals surface area contributed by atoms with Crippen LogP contribution in [0.2, 0.25) is 10.0 Å². The molecular formula is C24H24Cl2F6N4O2. The molecule has 0 radical (unpaired) electrons. The molecule has 1 fully saturated rings. The normalized spacial score (nSPS) is 18.0. The Labute approximate surface area is 224 Å². The van der Waals surface area contributed by atoms with Crippen molar-refractivity contribution in [2.75, 3.05) is 23.7 Å². The highest BCUT2D eigenvalue weighted by Gasteiger charge is 2.32. The molecular weight excluding hydrogens is 561 g/mol. The smallest absolute Gasteiger partial charge is 0.338 e. The summed E-state index contributed by atoms with van der Waals surface area (Å²) in [5.41, 5.74) is -2.23. The number of hydrogen-bond acceptors (Lipinski definition) is 2. The topological polar surface area (TPSA) is 82.3 Å². The van der Waals surface area contributed by atoms with Crippen molar-refractivity contribution in [2.45, 2.75) is 38.0 Å². The van der Waals surface area contributed by atoms with Gasteiger partial charge in [-0.2, -0.15) is 26.3 Å². The highest BCUT2D eigenvalue weighted by atomic mass is 35.5. The van der Waals surface area contributed by atoms with Gasteiger partial charge in [0.15, 0.2) is 0 Å². The molecule has 6 nitrogen and oxygen atoms in total. The summed E-state index contributed by atoms with van der Waals surface area (Å²) in [5, 5.41) is 9.84. The third-order valence-corrected chi connectivity index (χ3v) is 6.74. The summed E-state index contributed by atoms with van der Waals surface area (Å²) in [4.78, 5) is 24.5. The molecule has 1 saturated carbocycles. The number of alkyl halides is 6. The molecule has 4 N–H and O–H groups in total. The van der Waals surface area contributed by atoms with Crippen LogP contribution in [-0.4, -0.2) is 25.2 Å². The molecule has 1 aliphatic rings. The van der Waals surface area contributed by atoms with Crippen LogP contribution in [0.1, 0.15) is 36.8 Å². The number of carbonyl (C=O) groups is 2. The number of hydrogen-bond donors (Lipinski definition) is 4. The Balaban J connectivity index is 1.46. The van der Waals surface area contributed by atoms with Crippen molar-refractivity contribution in [3.8, 4) is 0 Å². The lowest BCUT2D eigenvalue weighted by molar-refractivity contribution is -0.138. The maximum absolute atomic E-state index is 12.9. The van der Waals surface area contributed by atoms with Crippen LogP contribution in [0.4, 0.5) is 47.3 Å². The lowest BCUT2D eigenvalue weighted by atomic mass is 9.81. The molecule has 0 aliphatic heterocycles. The summed E-state index contributed by atoms with van der Waals surface area (Å²) in [6.45, 7) is 0.510. The van der Waals surface area contributed by atoms with Crippen molar-refractivity contribution in [1.82, 2.24) is 10.6 Å². The van der Waals surface area contributed by atoms with Crippen molar-refractivity contribution < 1.29 is 35.9 Å². The largest absolute Gasteiger partial charge is 0.416 e. The Morgan fingerprint density at radius 1 is 0.737 bits per heavy atom. The number of carbonyl (C=O) groups excluding carboxylic acids is 2. The molecule has 4 amide bonds. The van der Waals surface area contributed by atoms with Crippen molar-refractivity contribution in [1.29, 1.82) is 0 Å². The summed E-state index contributed by atoms with van der Waals surface area (Å²) in [6.07, 6.45) is -6.10. The molecule has 38 heavy (non-hydrogen) atoms. The van der Waals surface area contributed by atoms with Crippen LogP contribution in [0.3, 0.4) is 0 Å². The molecule has 208 valence electrons. The highest BCUT2D eigenvalue weighted by molar-refractivity contribution is 6.34. The van der Waals surface area contributed by atoms with Gasteiger partial charge < -0.3 is 21.3 Å². The summed E-state index contributed by atoms with van der Waals surface area (Å²) in [7, 11) is 0. The van der Waals surface area contributed by atoms with Gasteiger partial charge in [-0.3, -0.25) is 0 Å². The van der Waals surface area contributed by atoms with Gasteiger partial charge in [-0.15, -0.1) is 0 Å². The Morgan fingerprint density at radius 2 is 1.13 bits per heavy atom. The van der Waals surface area contributed by atoms with E-state index in [4.69, 9.17) is 23.2 Å². The second kappa shape index (κ2) is 12.3. The fraction of sp³-hybridized carbons (Fsp3) is 0.417. The van der Waals surface area contributed by atoms with Gasteiger partial charge in [-0.05, 0) is 67.5 Å². The molecule has 2 aromatic rings. The maximum Gasteiger partial charge on any atom is 0.416 e. The average molecular weight is 585 g/mol. The lowest BCUT2D eigenvalue weighted by Crippen LogP contribution is -2.38. The van der Waals surface area contributed by atoms with E-state index in [1.165, 1.54) is 0 Å². The maximum atomic E-state index is 12.9. The second-order valence-corrected chi connectivity index (χ2v) is 9.77. The Bertz CT molecular complexity index is 1070. The van der Waals surface area contributed by atoms with E-state index in [1.807, 2.05) is 0 Å². The standard InChI is InChI=1S/C24H24Cl2F6N4O2/c25-17-6-4-15(23(27,28)29)9-19(17)35-21(37)33-11-13-2-1-3-14(8-13)12-34-22(38)36-20-10-16(24(30,31)32)5-7-18(20)26/h4-7,9-10,13-14H,1-3,8,11-12H2,(H2,33,35,37)(H2,34,36,38)/t13-,14-/m0/s1. The quantitative estimate of drug-likeness (QED) is 0.261. The monoisotopic (exact) mass is 584 g/mol. The molecule has 0 saturated heterocycles. The van der Waals surface area contributed by atoms with Crippen LogP contribution >= 0.6 is 23.2 Å². The molecule has 14 heteroatoms. The lowest BCUT2D eigenvalue weighted by Gasteiger charge is -2.29.